The standard InChI is InChI=1S/C20H24N2/c1-22(2)14-12-17-15-16-7-3-4-9-19(16)20(17)11-10-18-8-5-6-13-21-18/h3-9,13H,10-12,14-15H2,1-2H3. The number of aromatic nitrogens is 1. The molecule has 3 rings (SSSR count). The lowest BCUT2D eigenvalue weighted by Crippen LogP contribution is -2.13. The highest BCUT2D eigenvalue weighted by Crippen LogP contribution is 2.37. The zero-order valence-corrected chi connectivity index (χ0v) is 13.5. The first kappa shape index (κ1) is 15.0. The van der Waals surface area contributed by atoms with Gasteiger partial charge in [0.15, 0.2) is 0 Å². The molecular formula is C20H24N2. The molecule has 1 aromatic carbocycles. The fourth-order valence-electron chi connectivity index (χ4n) is 3.20. The molecule has 1 heterocycles. The van der Waals surface area contributed by atoms with E-state index in [1.165, 1.54) is 23.2 Å². The first-order valence-electron chi connectivity index (χ1n) is 8.08. The molecule has 0 unspecified atom stereocenters. The van der Waals surface area contributed by atoms with Gasteiger partial charge in [-0.1, -0.05) is 35.9 Å². The molecule has 2 aromatic rings. The van der Waals surface area contributed by atoms with Crippen molar-refractivity contribution in [1.29, 1.82) is 0 Å². The predicted octanol–water partition coefficient (Wildman–Crippen LogP) is 3.98. The van der Waals surface area contributed by atoms with Crippen LogP contribution < -0.4 is 0 Å². The Hall–Kier alpha value is -1.93. The first-order valence-corrected chi connectivity index (χ1v) is 8.08. The minimum absolute atomic E-state index is 1.02. The van der Waals surface area contributed by atoms with Crippen LogP contribution in [0.4, 0.5) is 0 Å². The number of hydrogen-bond donors (Lipinski definition) is 0. The van der Waals surface area contributed by atoms with Crippen LogP contribution in [0.25, 0.3) is 5.57 Å². The lowest BCUT2D eigenvalue weighted by molar-refractivity contribution is 0.412. The zero-order chi connectivity index (χ0) is 15.4. The smallest absolute Gasteiger partial charge is 0.0406 e. The van der Waals surface area contributed by atoms with E-state index in [4.69, 9.17) is 0 Å². The van der Waals surface area contributed by atoms with Gasteiger partial charge in [-0.2, -0.15) is 0 Å². The number of pyridine rings is 1. The van der Waals surface area contributed by atoms with Crippen LogP contribution in [0.5, 0.6) is 0 Å². The van der Waals surface area contributed by atoms with E-state index in [0.29, 0.717) is 0 Å². The van der Waals surface area contributed by atoms with E-state index in [1.54, 1.807) is 11.1 Å². The van der Waals surface area contributed by atoms with Gasteiger partial charge in [0.05, 0.1) is 0 Å². The second kappa shape index (κ2) is 6.89. The molecule has 1 aromatic heterocycles. The van der Waals surface area contributed by atoms with E-state index in [2.05, 4.69) is 60.4 Å². The molecule has 0 fully saturated rings. The largest absolute Gasteiger partial charge is 0.309 e. The van der Waals surface area contributed by atoms with Gasteiger partial charge in [0.2, 0.25) is 0 Å². The number of aryl methyl sites for hydroxylation is 1. The lowest BCUT2D eigenvalue weighted by atomic mass is 9.98. The quantitative estimate of drug-likeness (QED) is 0.800. The van der Waals surface area contributed by atoms with Crippen molar-refractivity contribution in [2.45, 2.75) is 25.7 Å². The molecule has 1 aliphatic rings. The summed E-state index contributed by atoms with van der Waals surface area (Å²) in [6, 6.07) is 15.1. The van der Waals surface area contributed by atoms with Crippen molar-refractivity contribution in [3.05, 3.63) is 71.1 Å². The van der Waals surface area contributed by atoms with E-state index >= 15 is 0 Å². The van der Waals surface area contributed by atoms with Gasteiger partial charge in [0.25, 0.3) is 0 Å². The molecule has 0 atom stereocenters. The highest BCUT2D eigenvalue weighted by Gasteiger charge is 2.20. The van der Waals surface area contributed by atoms with E-state index in [0.717, 1.165) is 25.8 Å². The van der Waals surface area contributed by atoms with Gasteiger partial charge in [-0.15, -0.1) is 0 Å². The van der Waals surface area contributed by atoms with Crippen molar-refractivity contribution in [2.75, 3.05) is 20.6 Å². The summed E-state index contributed by atoms with van der Waals surface area (Å²) in [6.07, 6.45) is 6.30. The molecular weight excluding hydrogens is 268 g/mol. The summed E-state index contributed by atoms with van der Waals surface area (Å²) in [5.74, 6) is 0. The van der Waals surface area contributed by atoms with Crippen molar-refractivity contribution in [2.24, 2.45) is 0 Å². The van der Waals surface area contributed by atoms with Crippen LogP contribution in [0.3, 0.4) is 0 Å². The maximum atomic E-state index is 4.46. The van der Waals surface area contributed by atoms with Crippen molar-refractivity contribution < 1.29 is 0 Å². The summed E-state index contributed by atoms with van der Waals surface area (Å²) in [6.45, 7) is 1.12. The molecule has 2 heteroatoms. The summed E-state index contributed by atoms with van der Waals surface area (Å²) >= 11 is 0. The summed E-state index contributed by atoms with van der Waals surface area (Å²) in [5, 5.41) is 0. The van der Waals surface area contributed by atoms with Crippen molar-refractivity contribution in [3.63, 3.8) is 0 Å². The second-order valence-corrected chi connectivity index (χ2v) is 6.29. The first-order chi connectivity index (χ1) is 10.7. The Morgan fingerprint density at radius 1 is 0.955 bits per heavy atom. The molecule has 0 amide bonds. The third-order valence-electron chi connectivity index (χ3n) is 4.39. The number of fused-ring (bicyclic) bond motifs is 1. The number of nitrogens with zero attached hydrogens (tertiary/aromatic N) is 2. The Balaban J connectivity index is 1.79. The molecule has 1 aliphatic carbocycles. The average molecular weight is 292 g/mol. The van der Waals surface area contributed by atoms with Crippen LogP contribution in [-0.4, -0.2) is 30.5 Å². The van der Waals surface area contributed by atoms with E-state index < -0.39 is 0 Å². The van der Waals surface area contributed by atoms with Crippen LogP contribution in [0.1, 0.15) is 29.7 Å². The summed E-state index contributed by atoms with van der Waals surface area (Å²) in [7, 11) is 4.30. The molecule has 2 nitrogen and oxygen atoms in total. The van der Waals surface area contributed by atoms with Crippen molar-refractivity contribution in [1.82, 2.24) is 9.88 Å². The number of hydrogen-bond acceptors (Lipinski definition) is 2. The van der Waals surface area contributed by atoms with Gasteiger partial charge < -0.3 is 4.90 Å². The fraction of sp³-hybridized carbons (Fsp3) is 0.350. The summed E-state index contributed by atoms with van der Waals surface area (Å²) < 4.78 is 0. The zero-order valence-electron chi connectivity index (χ0n) is 13.5. The van der Waals surface area contributed by atoms with Gasteiger partial charge in [-0.25, -0.2) is 0 Å². The van der Waals surface area contributed by atoms with E-state index in [-0.39, 0.29) is 0 Å². The third-order valence-corrected chi connectivity index (χ3v) is 4.39. The Kier molecular flexibility index (Phi) is 4.69. The van der Waals surface area contributed by atoms with Crippen LogP contribution in [0, 0.1) is 0 Å². The van der Waals surface area contributed by atoms with Gasteiger partial charge >= 0.3 is 0 Å². The van der Waals surface area contributed by atoms with Crippen LogP contribution in [0.15, 0.2) is 54.2 Å². The molecule has 0 N–H and O–H groups in total. The van der Waals surface area contributed by atoms with Gasteiger partial charge in [-0.05, 0) is 68.6 Å². The highest BCUT2D eigenvalue weighted by atomic mass is 15.0. The Morgan fingerprint density at radius 3 is 2.55 bits per heavy atom. The third kappa shape index (κ3) is 3.45. The topological polar surface area (TPSA) is 16.1 Å². The normalized spacial score (nSPS) is 13.8. The highest BCUT2D eigenvalue weighted by molar-refractivity contribution is 5.76. The molecule has 22 heavy (non-hydrogen) atoms. The molecule has 0 radical (unpaired) electrons. The Morgan fingerprint density at radius 2 is 1.77 bits per heavy atom. The van der Waals surface area contributed by atoms with Gasteiger partial charge in [0.1, 0.15) is 0 Å². The predicted molar refractivity (Wildman–Crippen MR) is 92.8 cm³/mol. The van der Waals surface area contributed by atoms with E-state index in [1.807, 2.05) is 12.3 Å². The van der Waals surface area contributed by atoms with Gasteiger partial charge in [-0.3, -0.25) is 4.98 Å². The number of benzene rings is 1. The SMILES string of the molecule is CN(C)CCC1=C(CCc2ccccn2)c2ccccc2C1. The molecule has 0 aliphatic heterocycles. The summed E-state index contributed by atoms with van der Waals surface area (Å²) in [5.41, 5.74) is 7.32. The summed E-state index contributed by atoms with van der Waals surface area (Å²) in [4.78, 5) is 6.73. The molecule has 114 valence electrons. The number of allylic oxidation sites excluding steroid dienone is 1. The minimum Gasteiger partial charge on any atom is -0.309 e. The average Bonchev–Trinajstić information content (AvgIpc) is 2.89. The van der Waals surface area contributed by atoms with Crippen molar-refractivity contribution >= 4 is 5.57 Å². The monoisotopic (exact) mass is 292 g/mol. The Labute approximate surface area is 133 Å². The number of rotatable bonds is 6. The maximum Gasteiger partial charge on any atom is 0.0406 e. The Bertz CT molecular complexity index is 656. The van der Waals surface area contributed by atoms with Gasteiger partial charge in [0, 0.05) is 18.4 Å². The molecule has 0 saturated heterocycles. The lowest BCUT2D eigenvalue weighted by Gasteiger charge is -2.12. The van der Waals surface area contributed by atoms with Crippen molar-refractivity contribution in [3.8, 4) is 0 Å². The van der Waals surface area contributed by atoms with Crippen LogP contribution in [-0.2, 0) is 12.8 Å². The van der Waals surface area contributed by atoms with Crippen LogP contribution >= 0.6 is 0 Å². The van der Waals surface area contributed by atoms with E-state index in [9.17, 15) is 0 Å². The van der Waals surface area contributed by atoms with Crippen LogP contribution in [0.2, 0.25) is 0 Å². The second-order valence-electron chi connectivity index (χ2n) is 6.29. The molecule has 0 spiro atoms. The minimum atomic E-state index is 1.02. The maximum absolute atomic E-state index is 4.46. The molecule has 0 bridgehead atoms. The fourth-order valence-corrected chi connectivity index (χ4v) is 3.20. The molecule has 0 saturated carbocycles.